The molecule has 0 aromatic carbocycles. The summed E-state index contributed by atoms with van der Waals surface area (Å²) < 4.78 is 0. The van der Waals surface area contributed by atoms with Crippen LogP contribution in [0.15, 0.2) is 0 Å². The van der Waals surface area contributed by atoms with Crippen LogP contribution in [0, 0.1) is 17.8 Å². The number of ketones is 1. The Morgan fingerprint density at radius 1 is 1.20 bits per heavy atom. The average Bonchev–Trinajstić information content (AvgIpc) is 2.42. The highest BCUT2D eigenvalue weighted by Gasteiger charge is 2.34. The van der Waals surface area contributed by atoms with Crippen LogP contribution in [0.5, 0.6) is 0 Å². The zero-order chi connectivity index (χ0) is 14.7. The van der Waals surface area contributed by atoms with Crippen molar-refractivity contribution in [1.29, 1.82) is 0 Å². The molecule has 20 heavy (non-hydrogen) atoms. The maximum Gasteiger partial charge on any atom is 0.137 e. The Bertz CT molecular complexity index is 323. The highest BCUT2D eigenvalue weighted by Crippen LogP contribution is 2.31. The van der Waals surface area contributed by atoms with Gasteiger partial charge in [-0.3, -0.25) is 9.69 Å². The van der Waals surface area contributed by atoms with E-state index in [4.69, 9.17) is 0 Å². The maximum absolute atomic E-state index is 12.3. The molecular formula is C17H32N2O. The number of carbonyl (C=O) groups excluding carboxylic acids is 1. The number of hydrogen-bond donors (Lipinski definition) is 0. The van der Waals surface area contributed by atoms with Gasteiger partial charge in [0.15, 0.2) is 0 Å². The molecule has 1 aliphatic heterocycles. The third-order valence-electron chi connectivity index (χ3n) is 5.50. The quantitative estimate of drug-likeness (QED) is 0.791. The molecule has 4 atom stereocenters. The molecule has 0 spiro atoms. The summed E-state index contributed by atoms with van der Waals surface area (Å²) in [5, 5.41) is 0. The molecule has 2 rings (SSSR count). The molecule has 0 radical (unpaired) electrons. The summed E-state index contributed by atoms with van der Waals surface area (Å²) >= 11 is 0. The van der Waals surface area contributed by atoms with Crippen molar-refractivity contribution >= 4 is 5.78 Å². The minimum atomic E-state index is 0.293. The Kier molecular flexibility index (Phi) is 5.62. The monoisotopic (exact) mass is 280 g/mol. The van der Waals surface area contributed by atoms with Crippen LogP contribution in [0.2, 0.25) is 0 Å². The predicted octanol–water partition coefficient (Wildman–Crippen LogP) is 2.65. The van der Waals surface area contributed by atoms with Gasteiger partial charge in [0.05, 0.1) is 0 Å². The van der Waals surface area contributed by atoms with Gasteiger partial charge in [-0.15, -0.1) is 0 Å². The van der Waals surface area contributed by atoms with Crippen LogP contribution < -0.4 is 0 Å². The van der Waals surface area contributed by atoms with Gasteiger partial charge in [0, 0.05) is 51.1 Å². The first-order valence-electron chi connectivity index (χ1n) is 8.50. The first kappa shape index (κ1) is 16.0. The predicted molar refractivity (Wildman–Crippen MR) is 83.8 cm³/mol. The van der Waals surface area contributed by atoms with Crippen LogP contribution in [0.1, 0.15) is 47.0 Å². The van der Waals surface area contributed by atoms with Crippen LogP contribution in [-0.2, 0) is 4.79 Å². The minimum absolute atomic E-state index is 0.293. The first-order chi connectivity index (χ1) is 9.51. The molecule has 3 heteroatoms. The Morgan fingerprint density at radius 3 is 2.40 bits per heavy atom. The van der Waals surface area contributed by atoms with Crippen molar-refractivity contribution in [2.75, 3.05) is 32.7 Å². The summed E-state index contributed by atoms with van der Waals surface area (Å²) in [5.74, 6) is 1.97. The zero-order valence-corrected chi connectivity index (χ0v) is 13.8. The molecule has 0 bridgehead atoms. The van der Waals surface area contributed by atoms with E-state index in [-0.39, 0.29) is 0 Å². The van der Waals surface area contributed by atoms with Gasteiger partial charge < -0.3 is 4.90 Å². The van der Waals surface area contributed by atoms with E-state index in [1.54, 1.807) is 0 Å². The molecule has 1 saturated carbocycles. The fourth-order valence-electron chi connectivity index (χ4n) is 3.90. The van der Waals surface area contributed by atoms with Crippen LogP contribution in [0.4, 0.5) is 0 Å². The number of nitrogens with zero attached hydrogens (tertiary/aromatic N) is 2. The summed E-state index contributed by atoms with van der Waals surface area (Å²) in [5.41, 5.74) is 0. The van der Waals surface area contributed by atoms with Gasteiger partial charge in [-0.25, -0.2) is 0 Å². The highest BCUT2D eigenvalue weighted by molar-refractivity contribution is 5.82. The molecule has 1 aliphatic carbocycles. The third-order valence-corrected chi connectivity index (χ3v) is 5.50. The van der Waals surface area contributed by atoms with E-state index in [9.17, 15) is 4.79 Å². The van der Waals surface area contributed by atoms with Gasteiger partial charge in [0.2, 0.25) is 0 Å². The van der Waals surface area contributed by atoms with Crippen molar-refractivity contribution in [3.05, 3.63) is 0 Å². The van der Waals surface area contributed by atoms with Crippen molar-refractivity contribution in [2.24, 2.45) is 17.8 Å². The number of carbonyl (C=O) groups is 1. The van der Waals surface area contributed by atoms with Crippen molar-refractivity contribution in [2.45, 2.75) is 53.0 Å². The van der Waals surface area contributed by atoms with Crippen molar-refractivity contribution in [1.82, 2.24) is 9.80 Å². The molecule has 0 amide bonds. The van der Waals surface area contributed by atoms with Crippen LogP contribution in [0.25, 0.3) is 0 Å². The van der Waals surface area contributed by atoms with Gasteiger partial charge in [0.25, 0.3) is 0 Å². The number of rotatable bonds is 4. The molecule has 1 saturated heterocycles. The summed E-state index contributed by atoms with van der Waals surface area (Å²) in [6.45, 7) is 14.7. The molecule has 0 N–H and O–H groups in total. The Morgan fingerprint density at radius 2 is 1.85 bits per heavy atom. The molecule has 2 fully saturated rings. The standard InChI is InChI=1S/C17H32N2O/c1-5-15(4)19-8-6-18(7-9-19)12-16-14(3)10-13(2)11-17(16)20/h13-16H,5-12H2,1-4H3. The zero-order valence-electron chi connectivity index (χ0n) is 13.8. The van der Waals surface area contributed by atoms with E-state index in [1.165, 1.54) is 25.9 Å². The van der Waals surface area contributed by atoms with Crippen LogP contribution >= 0.6 is 0 Å². The summed E-state index contributed by atoms with van der Waals surface area (Å²) in [7, 11) is 0. The van der Waals surface area contributed by atoms with Crippen LogP contribution in [0.3, 0.4) is 0 Å². The lowest BCUT2D eigenvalue weighted by Gasteiger charge is -2.41. The van der Waals surface area contributed by atoms with Gasteiger partial charge in [-0.1, -0.05) is 20.8 Å². The molecule has 3 nitrogen and oxygen atoms in total. The molecule has 4 unspecified atom stereocenters. The van der Waals surface area contributed by atoms with Crippen molar-refractivity contribution in [3.63, 3.8) is 0 Å². The third kappa shape index (κ3) is 3.82. The lowest BCUT2D eigenvalue weighted by Crippen LogP contribution is -2.52. The summed E-state index contributed by atoms with van der Waals surface area (Å²) in [6.07, 6.45) is 3.26. The SMILES string of the molecule is CCC(C)N1CCN(CC2C(=O)CC(C)CC2C)CC1. The summed E-state index contributed by atoms with van der Waals surface area (Å²) in [6, 6.07) is 0.702. The molecule has 2 aliphatic rings. The van der Waals surface area contributed by atoms with E-state index in [0.29, 0.717) is 29.6 Å². The molecular weight excluding hydrogens is 248 g/mol. The Labute approximate surface area is 124 Å². The van der Waals surface area contributed by atoms with E-state index in [1.807, 2.05) is 0 Å². The van der Waals surface area contributed by atoms with Crippen molar-refractivity contribution < 1.29 is 4.79 Å². The second-order valence-electron chi connectivity index (χ2n) is 7.19. The van der Waals surface area contributed by atoms with E-state index >= 15 is 0 Å². The molecule has 1 heterocycles. The molecule has 116 valence electrons. The average molecular weight is 280 g/mol. The minimum Gasteiger partial charge on any atom is -0.300 e. The normalized spacial score (nSPS) is 35.2. The number of hydrogen-bond acceptors (Lipinski definition) is 3. The lowest BCUT2D eigenvalue weighted by molar-refractivity contribution is -0.129. The molecule has 0 aromatic rings. The van der Waals surface area contributed by atoms with Gasteiger partial charge >= 0.3 is 0 Å². The van der Waals surface area contributed by atoms with Gasteiger partial charge in [0.1, 0.15) is 5.78 Å². The number of piperazine rings is 1. The second-order valence-corrected chi connectivity index (χ2v) is 7.19. The largest absolute Gasteiger partial charge is 0.300 e. The maximum atomic E-state index is 12.3. The smallest absolute Gasteiger partial charge is 0.137 e. The van der Waals surface area contributed by atoms with Crippen molar-refractivity contribution in [3.8, 4) is 0 Å². The number of Topliss-reactive ketones (excluding diaryl/α,β-unsaturated/α-hetero) is 1. The van der Waals surface area contributed by atoms with E-state index in [0.717, 1.165) is 26.1 Å². The van der Waals surface area contributed by atoms with E-state index < -0.39 is 0 Å². The first-order valence-corrected chi connectivity index (χ1v) is 8.50. The van der Waals surface area contributed by atoms with Gasteiger partial charge in [-0.2, -0.15) is 0 Å². The fourth-order valence-corrected chi connectivity index (χ4v) is 3.90. The Hall–Kier alpha value is -0.410. The highest BCUT2D eigenvalue weighted by atomic mass is 16.1. The summed E-state index contributed by atoms with van der Waals surface area (Å²) in [4.78, 5) is 17.4. The molecule has 0 aromatic heterocycles. The van der Waals surface area contributed by atoms with E-state index in [2.05, 4.69) is 37.5 Å². The second kappa shape index (κ2) is 7.04. The van der Waals surface area contributed by atoms with Crippen LogP contribution in [-0.4, -0.2) is 54.3 Å². The Balaban J connectivity index is 1.81. The topological polar surface area (TPSA) is 23.6 Å². The fraction of sp³-hybridized carbons (Fsp3) is 0.941. The van der Waals surface area contributed by atoms with Gasteiger partial charge in [-0.05, 0) is 31.6 Å². The lowest BCUT2D eigenvalue weighted by atomic mass is 9.74.